The third kappa shape index (κ3) is 5.27. The molecule has 0 aliphatic carbocycles. The number of aromatic nitrogens is 2. The normalized spacial score (nSPS) is 15.9. The van der Waals surface area contributed by atoms with E-state index in [1.807, 2.05) is 53.4 Å². The molecule has 4 rings (SSSR count). The predicted molar refractivity (Wildman–Crippen MR) is 120 cm³/mol. The van der Waals surface area contributed by atoms with Crippen LogP contribution in [0.2, 0.25) is 5.02 Å². The Balaban J connectivity index is 1.29. The minimum absolute atomic E-state index is 0.0652. The molecule has 1 saturated heterocycles. The molecule has 1 atom stereocenters. The van der Waals surface area contributed by atoms with E-state index < -0.39 is 0 Å². The molecule has 1 aromatic heterocycles. The first-order valence-electron chi connectivity index (χ1n) is 10.4. The molecule has 6 nitrogen and oxygen atoms in total. The van der Waals surface area contributed by atoms with Gasteiger partial charge in [0.05, 0.1) is 23.9 Å². The molecular formula is C24H26ClN3O3. The summed E-state index contributed by atoms with van der Waals surface area (Å²) in [5.41, 5.74) is 3.78. The van der Waals surface area contributed by atoms with Crippen LogP contribution in [-0.4, -0.2) is 47.8 Å². The molecule has 7 heteroatoms. The number of amides is 1. The molecule has 0 radical (unpaired) electrons. The zero-order chi connectivity index (χ0) is 21.6. The monoisotopic (exact) mass is 439 g/mol. The van der Waals surface area contributed by atoms with Crippen molar-refractivity contribution in [2.75, 3.05) is 26.8 Å². The number of hydrogen-bond donors (Lipinski definition) is 1. The largest absolute Gasteiger partial charge is 0.492 e. The molecule has 1 amide bonds. The number of halogens is 1. The molecule has 0 bridgehead atoms. The highest BCUT2D eigenvalue weighted by Gasteiger charge is 2.29. The van der Waals surface area contributed by atoms with Crippen molar-refractivity contribution in [1.82, 2.24) is 15.1 Å². The summed E-state index contributed by atoms with van der Waals surface area (Å²) in [6, 6.07) is 17.1. The van der Waals surface area contributed by atoms with E-state index in [9.17, 15) is 4.79 Å². The van der Waals surface area contributed by atoms with Crippen LogP contribution in [0.25, 0.3) is 0 Å². The van der Waals surface area contributed by atoms with Crippen LogP contribution >= 0.6 is 11.6 Å². The average molecular weight is 440 g/mol. The zero-order valence-electron chi connectivity index (χ0n) is 17.5. The maximum atomic E-state index is 12.8. The molecule has 2 aromatic carbocycles. The zero-order valence-corrected chi connectivity index (χ0v) is 18.3. The quantitative estimate of drug-likeness (QED) is 0.562. The number of ether oxygens (including phenoxy) is 2. The summed E-state index contributed by atoms with van der Waals surface area (Å²) < 4.78 is 10.9. The van der Waals surface area contributed by atoms with Gasteiger partial charge in [-0.1, -0.05) is 35.9 Å². The number of nitrogens with zero attached hydrogens (tertiary/aromatic N) is 2. The minimum atomic E-state index is 0.0652. The van der Waals surface area contributed by atoms with Gasteiger partial charge in [-0.3, -0.25) is 9.89 Å². The van der Waals surface area contributed by atoms with Crippen molar-refractivity contribution in [3.63, 3.8) is 0 Å². The molecule has 0 spiro atoms. The molecule has 31 heavy (non-hydrogen) atoms. The van der Waals surface area contributed by atoms with E-state index in [1.165, 1.54) is 0 Å². The highest BCUT2D eigenvalue weighted by atomic mass is 35.5. The maximum absolute atomic E-state index is 12.8. The van der Waals surface area contributed by atoms with Gasteiger partial charge < -0.3 is 14.4 Å². The lowest BCUT2D eigenvalue weighted by atomic mass is 10.0. The first-order chi connectivity index (χ1) is 15.1. The summed E-state index contributed by atoms with van der Waals surface area (Å²) in [7, 11) is 1.66. The number of methoxy groups -OCH3 is 1. The number of rotatable bonds is 8. The Bertz CT molecular complexity index is 1020. The third-order valence-corrected chi connectivity index (χ3v) is 5.83. The molecule has 1 N–H and O–H groups in total. The number of H-pyrrole nitrogens is 1. The van der Waals surface area contributed by atoms with Crippen LogP contribution in [0.15, 0.2) is 54.6 Å². The lowest BCUT2D eigenvalue weighted by Gasteiger charge is -2.16. The number of nitrogens with one attached hydrogen (secondary N) is 1. The van der Waals surface area contributed by atoms with Gasteiger partial charge in [0.15, 0.2) is 0 Å². The Morgan fingerprint density at radius 3 is 2.81 bits per heavy atom. The third-order valence-electron chi connectivity index (χ3n) is 5.52. The van der Waals surface area contributed by atoms with Gasteiger partial charge in [0.1, 0.15) is 5.75 Å². The topological polar surface area (TPSA) is 67.4 Å². The number of aromatic amines is 1. The molecule has 2 heterocycles. The van der Waals surface area contributed by atoms with Gasteiger partial charge in [0.2, 0.25) is 0 Å². The van der Waals surface area contributed by atoms with Crippen LogP contribution in [0.1, 0.15) is 39.6 Å². The summed E-state index contributed by atoms with van der Waals surface area (Å²) in [6.07, 6.45) is 1.62. The molecule has 3 aromatic rings. The SMILES string of the molecule is COCc1ccc(C(=O)N2CC[C@H](c3cc(CCOc4ccccc4Cl)[nH]n3)C2)cc1. The Morgan fingerprint density at radius 2 is 2.03 bits per heavy atom. The van der Waals surface area contributed by atoms with Crippen LogP contribution in [0.5, 0.6) is 5.75 Å². The second-order valence-corrected chi connectivity index (χ2v) is 8.12. The summed E-state index contributed by atoms with van der Waals surface area (Å²) in [4.78, 5) is 14.7. The number of likely N-dealkylation sites (tertiary alicyclic amines) is 1. The number of para-hydroxylation sites is 1. The maximum Gasteiger partial charge on any atom is 0.253 e. The predicted octanol–water partition coefficient (Wildman–Crippen LogP) is 4.46. The van der Waals surface area contributed by atoms with E-state index in [0.29, 0.717) is 42.5 Å². The fourth-order valence-corrected chi connectivity index (χ4v) is 4.02. The van der Waals surface area contributed by atoms with Crippen molar-refractivity contribution in [2.45, 2.75) is 25.4 Å². The smallest absolute Gasteiger partial charge is 0.253 e. The van der Waals surface area contributed by atoms with E-state index in [0.717, 1.165) is 29.9 Å². The lowest BCUT2D eigenvalue weighted by Crippen LogP contribution is -2.28. The lowest BCUT2D eigenvalue weighted by molar-refractivity contribution is 0.0790. The first kappa shape index (κ1) is 21.4. The van der Waals surface area contributed by atoms with Gasteiger partial charge in [-0.05, 0) is 42.3 Å². The number of hydrogen-bond acceptors (Lipinski definition) is 4. The van der Waals surface area contributed by atoms with Crippen LogP contribution in [0.3, 0.4) is 0 Å². The molecule has 1 aliphatic rings. The fourth-order valence-electron chi connectivity index (χ4n) is 3.83. The summed E-state index contributed by atoms with van der Waals surface area (Å²) >= 11 is 6.12. The average Bonchev–Trinajstić information content (AvgIpc) is 3.45. The molecule has 1 fully saturated rings. The highest BCUT2D eigenvalue weighted by molar-refractivity contribution is 6.32. The van der Waals surface area contributed by atoms with E-state index in [1.54, 1.807) is 7.11 Å². The fraction of sp³-hybridized carbons (Fsp3) is 0.333. The second-order valence-electron chi connectivity index (χ2n) is 7.71. The summed E-state index contributed by atoms with van der Waals surface area (Å²) in [6.45, 7) is 2.48. The first-order valence-corrected chi connectivity index (χ1v) is 10.8. The summed E-state index contributed by atoms with van der Waals surface area (Å²) in [5, 5.41) is 8.19. The van der Waals surface area contributed by atoms with Crippen molar-refractivity contribution in [3.8, 4) is 5.75 Å². The van der Waals surface area contributed by atoms with Crippen LogP contribution in [-0.2, 0) is 17.8 Å². The van der Waals surface area contributed by atoms with E-state index >= 15 is 0 Å². The van der Waals surface area contributed by atoms with Crippen LogP contribution in [0.4, 0.5) is 0 Å². The molecule has 1 aliphatic heterocycles. The highest BCUT2D eigenvalue weighted by Crippen LogP contribution is 2.28. The molecule has 162 valence electrons. The number of benzene rings is 2. The Kier molecular flexibility index (Phi) is 6.89. The molecular weight excluding hydrogens is 414 g/mol. The van der Waals surface area contributed by atoms with Gasteiger partial charge in [0, 0.05) is 43.8 Å². The Hall–Kier alpha value is -2.83. The van der Waals surface area contributed by atoms with Gasteiger partial charge in [0.25, 0.3) is 5.91 Å². The molecule has 0 unspecified atom stereocenters. The molecule has 0 saturated carbocycles. The van der Waals surface area contributed by atoms with Crippen molar-refractivity contribution in [1.29, 1.82) is 0 Å². The Labute approximate surface area is 187 Å². The number of carbonyl (C=O) groups is 1. The van der Waals surface area contributed by atoms with Crippen molar-refractivity contribution in [2.24, 2.45) is 0 Å². The second kappa shape index (κ2) is 9.98. The van der Waals surface area contributed by atoms with E-state index in [-0.39, 0.29) is 11.8 Å². The van der Waals surface area contributed by atoms with Gasteiger partial charge in [-0.15, -0.1) is 0 Å². The number of carbonyl (C=O) groups excluding carboxylic acids is 1. The van der Waals surface area contributed by atoms with Crippen LogP contribution < -0.4 is 4.74 Å². The Morgan fingerprint density at radius 1 is 1.23 bits per heavy atom. The van der Waals surface area contributed by atoms with E-state index in [4.69, 9.17) is 21.1 Å². The van der Waals surface area contributed by atoms with Crippen molar-refractivity contribution < 1.29 is 14.3 Å². The van der Waals surface area contributed by atoms with Crippen molar-refractivity contribution in [3.05, 3.63) is 82.1 Å². The summed E-state index contributed by atoms with van der Waals surface area (Å²) in [5.74, 6) is 0.991. The van der Waals surface area contributed by atoms with Crippen molar-refractivity contribution >= 4 is 17.5 Å². The van der Waals surface area contributed by atoms with Gasteiger partial charge in [-0.2, -0.15) is 5.10 Å². The van der Waals surface area contributed by atoms with Gasteiger partial charge >= 0.3 is 0 Å². The minimum Gasteiger partial charge on any atom is -0.492 e. The van der Waals surface area contributed by atoms with Gasteiger partial charge in [-0.25, -0.2) is 0 Å². The van der Waals surface area contributed by atoms with E-state index in [2.05, 4.69) is 16.3 Å². The van der Waals surface area contributed by atoms with Crippen LogP contribution in [0, 0.1) is 0 Å². The standard InChI is InChI=1S/C24H26ClN3O3/c1-30-16-17-6-8-18(9-7-17)24(29)28-12-10-19(15-28)22-14-20(26-27-22)11-13-31-23-5-3-2-4-21(23)25/h2-9,14,19H,10-13,15-16H2,1H3,(H,26,27)/t19-/m0/s1.